The smallest absolute Gasteiger partial charge is 0.0753 e. The molecular weight excluding hydrogens is 324 g/mol. The molecule has 4 heterocycles. The monoisotopic (exact) mass is 350 g/mol. The highest BCUT2D eigenvalue weighted by molar-refractivity contribution is 5.90. The van der Waals surface area contributed by atoms with E-state index in [1.807, 2.05) is 36.4 Å². The number of likely N-dealkylation sites (tertiary alicyclic amines) is 1. The molecule has 3 aromatic heterocycles. The first-order valence-electron chi connectivity index (χ1n) is 9.23. The number of fused-ring (bicyclic) bond motifs is 1. The zero-order valence-electron chi connectivity index (χ0n) is 15.7. The average molecular weight is 350 g/mol. The van der Waals surface area contributed by atoms with Gasteiger partial charge in [-0.05, 0) is 50.6 Å². The second-order valence-electron chi connectivity index (χ2n) is 7.31. The Balaban J connectivity index is 1.63. The first kappa shape index (κ1) is 17.0. The quantitative estimate of drug-likeness (QED) is 0.724. The zero-order chi connectivity index (χ0) is 18.1. The lowest BCUT2D eigenvalue weighted by Gasteiger charge is -2.41. The molecule has 0 unspecified atom stereocenters. The Labute approximate surface area is 154 Å². The van der Waals surface area contributed by atoms with Gasteiger partial charge >= 0.3 is 0 Å². The number of anilines is 1. The van der Waals surface area contributed by atoms with Crippen LogP contribution in [0, 0.1) is 5.92 Å². The highest BCUT2D eigenvalue weighted by Gasteiger charge is 2.33. The molecule has 0 spiro atoms. The molecule has 0 aromatic carbocycles. The van der Waals surface area contributed by atoms with E-state index in [1.165, 1.54) is 24.2 Å². The second-order valence-corrected chi connectivity index (χ2v) is 7.31. The number of nitrogens with zero attached hydrogens (tertiary/aromatic N) is 6. The van der Waals surface area contributed by atoms with E-state index in [0.717, 1.165) is 24.0 Å². The Morgan fingerprint density at radius 3 is 2.85 bits per heavy atom. The molecule has 1 aliphatic heterocycles. The van der Waals surface area contributed by atoms with Crippen molar-refractivity contribution in [3.05, 3.63) is 48.7 Å². The molecule has 1 aliphatic rings. The molecule has 0 saturated carbocycles. The van der Waals surface area contributed by atoms with Crippen LogP contribution in [0.4, 0.5) is 5.69 Å². The fraction of sp³-hybridized carbons (Fsp3) is 0.450. The molecule has 3 aromatic rings. The van der Waals surface area contributed by atoms with Crippen LogP contribution < -0.4 is 4.90 Å². The van der Waals surface area contributed by atoms with Crippen LogP contribution in [0.25, 0.3) is 10.9 Å². The number of hydrogen-bond donors (Lipinski definition) is 0. The van der Waals surface area contributed by atoms with Crippen molar-refractivity contribution in [2.75, 3.05) is 32.1 Å². The van der Waals surface area contributed by atoms with Gasteiger partial charge in [0.25, 0.3) is 0 Å². The molecule has 136 valence electrons. The van der Waals surface area contributed by atoms with Crippen molar-refractivity contribution in [3.63, 3.8) is 0 Å². The third-order valence-corrected chi connectivity index (χ3v) is 5.61. The van der Waals surface area contributed by atoms with Gasteiger partial charge in [-0.3, -0.25) is 19.5 Å². The number of rotatable bonds is 4. The summed E-state index contributed by atoms with van der Waals surface area (Å²) in [6.07, 6.45) is 9.97. The third-order valence-electron chi connectivity index (χ3n) is 5.61. The van der Waals surface area contributed by atoms with Crippen molar-refractivity contribution in [1.82, 2.24) is 24.6 Å². The van der Waals surface area contributed by atoms with Gasteiger partial charge in [0.15, 0.2) is 0 Å². The Kier molecular flexibility index (Phi) is 4.59. The number of piperidine rings is 1. The topological polar surface area (TPSA) is 50.1 Å². The van der Waals surface area contributed by atoms with Gasteiger partial charge in [0.05, 0.1) is 17.3 Å². The first-order valence-corrected chi connectivity index (χ1v) is 9.23. The highest BCUT2D eigenvalue weighted by atomic mass is 15.3. The standard InChI is InChI=1S/C20H26N6/c1-24-12-4-5-15(20(24)19-8-11-23-26(19)3)14-25(2)18-7-10-22-17-6-9-21-13-16(17)18/h6-11,13,15,20H,4-5,12,14H2,1-3H3/t15-,20+/m0/s1. The van der Waals surface area contributed by atoms with Crippen LogP contribution in [-0.2, 0) is 7.05 Å². The predicted molar refractivity (Wildman–Crippen MR) is 104 cm³/mol. The van der Waals surface area contributed by atoms with Crippen molar-refractivity contribution >= 4 is 16.6 Å². The summed E-state index contributed by atoms with van der Waals surface area (Å²) in [5, 5.41) is 5.51. The van der Waals surface area contributed by atoms with E-state index < -0.39 is 0 Å². The van der Waals surface area contributed by atoms with E-state index in [9.17, 15) is 0 Å². The van der Waals surface area contributed by atoms with Crippen LogP contribution in [0.3, 0.4) is 0 Å². The van der Waals surface area contributed by atoms with Gasteiger partial charge in [0.2, 0.25) is 0 Å². The Morgan fingerprint density at radius 1 is 1.15 bits per heavy atom. The van der Waals surface area contributed by atoms with E-state index in [4.69, 9.17) is 0 Å². The van der Waals surface area contributed by atoms with E-state index >= 15 is 0 Å². The SMILES string of the molecule is CN(C[C@@H]1CCCN(C)[C@H]1c1ccnn1C)c1ccnc2ccncc12. The fourth-order valence-corrected chi connectivity index (χ4v) is 4.35. The van der Waals surface area contributed by atoms with Crippen molar-refractivity contribution in [2.24, 2.45) is 13.0 Å². The predicted octanol–water partition coefficient (Wildman–Crippen LogP) is 2.88. The van der Waals surface area contributed by atoms with Crippen LogP contribution in [0.15, 0.2) is 43.0 Å². The summed E-state index contributed by atoms with van der Waals surface area (Å²) in [6.45, 7) is 2.13. The van der Waals surface area contributed by atoms with Crippen LogP contribution in [0.1, 0.15) is 24.6 Å². The molecule has 0 aliphatic carbocycles. The minimum absolute atomic E-state index is 0.393. The van der Waals surface area contributed by atoms with Crippen LogP contribution >= 0.6 is 0 Å². The molecule has 1 saturated heterocycles. The van der Waals surface area contributed by atoms with E-state index in [0.29, 0.717) is 12.0 Å². The largest absolute Gasteiger partial charge is 0.374 e. The lowest BCUT2D eigenvalue weighted by atomic mass is 9.86. The number of aromatic nitrogens is 4. The Hall–Kier alpha value is -2.47. The zero-order valence-corrected chi connectivity index (χ0v) is 15.7. The summed E-state index contributed by atoms with van der Waals surface area (Å²) in [7, 11) is 6.45. The number of hydrogen-bond acceptors (Lipinski definition) is 5. The van der Waals surface area contributed by atoms with E-state index in [-0.39, 0.29) is 0 Å². The molecule has 2 atom stereocenters. The normalized spacial score (nSPS) is 21.2. The maximum atomic E-state index is 4.46. The van der Waals surface area contributed by atoms with E-state index in [1.54, 1.807) is 6.20 Å². The van der Waals surface area contributed by atoms with Gasteiger partial charge in [-0.25, -0.2) is 0 Å². The Bertz CT molecular complexity index is 883. The van der Waals surface area contributed by atoms with Crippen LogP contribution in [0.2, 0.25) is 0 Å². The summed E-state index contributed by atoms with van der Waals surface area (Å²) >= 11 is 0. The molecule has 6 heteroatoms. The minimum atomic E-state index is 0.393. The van der Waals surface area contributed by atoms with Crippen LogP contribution in [-0.4, -0.2) is 51.8 Å². The molecule has 0 N–H and O–H groups in total. The summed E-state index contributed by atoms with van der Waals surface area (Å²) in [6, 6.07) is 6.62. The van der Waals surface area contributed by atoms with Gasteiger partial charge in [0.1, 0.15) is 0 Å². The van der Waals surface area contributed by atoms with Gasteiger partial charge < -0.3 is 4.90 Å². The van der Waals surface area contributed by atoms with Crippen molar-refractivity contribution in [3.8, 4) is 0 Å². The number of pyridine rings is 2. The van der Waals surface area contributed by atoms with Crippen molar-refractivity contribution < 1.29 is 0 Å². The summed E-state index contributed by atoms with van der Waals surface area (Å²) in [5.41, 5.74) is 3.49. The van der Waals surface area contributed by atoms with Gasteiger partial charge in [-0.2, -0.15) is 5.10 Å². The molecule has 6 nitrogen and oxygen atoms in total. The van der Waals surface area contributed by atoms with E-state index in [2.05, 4.69) is 51.1 Å². The molecule has 0 bridgehead atoms. The fourth-order valence-electron chi connectivity index (χ4n) is 4.35. The van der Waals surface area contributed by atoms with Gasteiger partial charge in [-0.1, -0.05) is 0 Å². The lowest BCUT2D eigenvalue weighted by Crippen LogP contribution is -2.41. The van der Waals surface area contributed by atoms with Crippen LogP contribution in [0.5, 0.6) is 0 Å². The summed E-state index contributed by atoms with van der Waals surface area (Å²) in [5.74, 6) is 0.550. The second kappa shape index (κ2) is 7.03. The third kappa shape index (κ3) is 3.05. The average Bonchev–Trinajstić information content (AvgIpc) is 3.07. The molecule has 26 heavy (non-hydrogen) atoms. The molecule has 4 rings (SSSR count). The lowest BCUT2D eigenvalue weighted by molar-refractivity contribution is 0.118. The maximum absolute atomic E-state index is 4.46. The first-order chi connectivity index (χ1) is 12.6. The van der Waals surface area contributed by atoms with Gasteiger partial charge in [0, 0.05) is 56.5 Å². The highest BCUT2D eigenvalue weighted by Crippen LogP contribution is 2.36. The van der Waals surface area contributed by atoms with Gasteiger partial charge in [-0.15, -0.1) is 0 Å². The van der Waals surface area contributed by atoms with Crippen molar-refractivity contribution in [2.45, 2.75) is 18.9 Å². The molecule has 1 fully saturated rings. The molecule has 0 radical (unpaired) electrons. The molecular formula is C20H26N6. The molecule has 0 amide bonds. The minimum Gasteiger partial charge on any atom is -0.374 e. The van der Waals surface area contributed by atoms with Crippen molar-refractivity contribution in [1.29, 1.82) is 0 Å². The summed E-state index contributed by atoms with van der Waals surface area (Å²) < 4.78 is 2.02. The number of aryl methyl sites for hydroxylation is 1. The maximum Gasteiger partial charge on any atom is 0.0753 e. The Morgan fingerprint density at radius 2 is 2.04 bits per heavy atom. The summed E-state index contributed by atoms with van der Waals surface area (Å²) in [4.78, 5) is 13.6.